The van der Waals surface area contributed by atoms with Crippen LogP contribution in [0.25, 0.3) is 0 Å². The molecule has 0 radical (unpaired) electrons. The van der Waals surface area contributed by atoms with E-state index in [0.29, 0.717) is 0 Å². The molecule has 0 saturated carbocycles. The smallest absolute Gasteiger partial charge is 0.271 e. The van der Waals surface area contributed by atoms with Gasteiger partial charge in [0.15, 0.2) is 0 Å². The molecular formula is C10H13ClN2O5S. The van der Waals surface area contributed by atoms with Gasteiger partial charge in [-0.25, -0.2) is 8.42 Å². The molecule has 0 aliphatic heterocycles. The lowest BCUT2D eigenvalue weighted by Gasteiger charge is -2.12. The minimum absolute atomic E-state index is 0.168. The van der Waals surface area contributed by atoms with Crippen molar-refractivity contribution in [1.29, 1.82) is 0 Å². The van der Waals surface area contributed by atoms with E-state index in [1.165, 1.54) is 0 Å². The summed E-state index contributed by atoms with van der Waals surface area (Å²) in [5.74, 6) is -0.729. The topological polar surface area (TPSA) is 110 Å². The largest absolute Gasteiger partial charge is 0.506 e. The number of hydrogen-bond donors (Lipinski definition) is 2. The molecule has 0 aromatic heterocycles. The number of nitrogens with zero attached hydrogens (tertiary/aromatic N) is 1. The van der Waals surface area contributed by atoms with E-state index in [-0.39, 0.29) is 34.7 Å². The van der Waals surface area contributed by atoms with E-state index < -0.39 is 14.9 Å². The van der Waals surface area contributed by atoms with Crippen molar-refractivity contribution in [3.63, 3.8) is 0 Å². The maximum atomic E-state index is 11.8. The van der Waals surface area contributed by atoms with Crippen molar-refractivity contribution in [1.82, 2.24) is 0 Å². The highest BCUT2D eigenvalue weighted by Crippen LogP contribution is 2.28. The number of nitrogens with one attached hydrogen (secondary N) is 1. The highest BCUT2D eigenvalue weighted by molar-refractivity contribution is 7.92. The van der Waals surface area contributed by atoms with Crippen LogP contribution >= 0.6 is 11.6 Å². The summed E-state index contributed by atoms with van der Waals surface area (Å²) in [5.41, 5.74) is -0.545. The lowest BCUT2D eigenvalue weighted by Crippen LogP contribution is -2.22. The molecule has 0 amide bonds. The van der Waals surface area contributed by atoms with Gasteiger partial charge in [0.25, 0.3) is 5.69 Å². The fraction of sp³-hybridized carbons (Fsp3) is 0.400. The van der Waals surface area contributed by atoms with Crippen molar-refractivity contribution >= 4 is 33.0 Å². The van der Waals surface area contributed by atoms with E-state index in [0.717, 1.165) is 18.2 Å². The molecule has 0 spiro atoms. The monoisotopic (exact) mass is 308 g/mol. The molecular weight excluding hydrogens is 296 g/mol. The Hall–Kier alpha value is -1.54. The Morgan fingerprint density at radius 1 is 1.53 bits per heavy atom. The van der Waals surface area contributed by atoms with E-state index >= 15 is 0 Å². The predicted molar refractivity (Wildman–Crippen MR) is 72.1 cm³/mol. The number of nitro groups is 1. The van der Waals surface area contributed by atoms with E-state index in [1.807, 2.05) is 0 Å². The second-order valence-corrected chi connectivity index (χ2v) is 6.18. The van der Waals surface area contributed by atoms with Crippen LogP contribution in [0.2, 0.25) is 0 Å². The molecule has 19 heavy (non-hydrogen) atoms. The molecule has 0 heterocycles. The quantitative estimate of drug-likeness (QED) is 0.361. The van der Waals surface area contributed by atoms with Crippen molar-refractivity contribution in [3.8, 4) is 5.75 Å². The van der Waals surface area contributed by atoms with E-state index in [2.05, 4.69) is 4.72 Å². The fourth-order valence-corrected chi connectivity index (χ4v) is 3.04. The zero-order valence-electron chi connectivity index (χ0n) is 10.0. The first-order valence-electron chi connectivity index (χ1n) is 5.29. The van der Waals surface area contributed by atoms with Crippen molar-refractivity contribution in [2.45, 2.75) is 6.92 Å². The Morgan fingerprint density at radius 2 is 2.16 bits per heavy atom. The van der Waals surface area contributed by atoms with Gasteiger partial charge in [-0.05, 0) is 12.0 Å². The van der Waals surface area contributed by atoms with Crippen LogP contribution in [0, 0.1) is 16.0 Å². The summed E-state index contributed by atoms with van der Waals surface area (Å²) in [6, 6.07) is 3.09. The number of anilines is 1. The molecule has 9 heteroatoms. The Balaban J connectivity index is 2.98. The second kappa shape index (κ2) is 6.07. The number of hydrogen-bond acceptors (Lipinski definition) is 5. The van der Waals surface area contributed by atoms with Crippen LogP contribution in [0.15, 0.2) is 18.2 Å². The van der Waals surface area contributed by atoms with Crippen molar-refractivity contribution in [2.24, 2.45) is 5.92 Å². The van der Waals surface area contributed by atoms with E-state index in [1.54, 1.807) is 6.92 Å². The Morgan fingerprint density at radius 3 is 2.68 bits per heavy atom. The van der Waals surface area contributed by atoms with Gasteiger partial charge < -0.3 is 5.11 Å². The second-order valence-electron chi connectivity index (χ2n) is 4.10. The molecule has 1 rings (SSSR count). The van der Waals surface area contributed by atoms with Gasteiger partial charge in [-0.15, -0.1) is 11.6 Å². The van der Waals surface area contributed by atoms with Crippen LogP contribution in [0.3, 0.4) is 0 Å². The van der Waals surface area contributed by atoms with Gasteiger partial charge in [-0.3, -0.25) is 14.8 Å². The number of aromatic hydroxyl groups is 1. The molecule has 106 valence electrons. The summed E-state index contributed by atoms with van der Waals surface area (Å²) in [7, 11) is -3.73. The number of halogens is 1. The van der Waals surface area contributed by atoms with Crippen LogP contribution in [0.1, 0.15) is 6.92 Å². The summed E-state index contributed by atoms with van der Waals surface area (Å²) in [6.45, 7) is 1.65. The number of phenols is 1. The number of sulfonamides is 1. The molecule has 0 aliphatic carbocycles. The number of nitro benzene ring substituents is 1. The van der Waals surface area contributed by atoms with Gasteiger partial charge in [0.1, 0.15) is 5.75 Å². The lowest BCUT2D eigenvalue weighted by molar-refractivity contribution is -0.384. The van der Waals surface area contributed by atoms with Crippen LogP contribution in [-0.2, 0) is 10.0 Å². The molecule has 7 nitrogen and oxygen atoms in total. The van der Waals surface area contributed by atoms with Crippen LogP contribution in [0.4, 0.5) is 11.4 Å². The van der Waals surface area contributed by atoms with Gasteiger partial charge in [0.05, 0.1) is 16.4 Å². The van der Waals surface area contributed by atoms with Gasteiger partial charge >= 0.3 is 0 Å². The summed E-state index contributed by atoms with van der Waals surface area (Å²) < 4.78 is 25.6. The normalized spacial score (nSPS) is 12.9. The number of alkyl halides is 1. The SMILES string of the molecule is CC(CCl)CS(=O)(=O)Nc1cc([N+](=O)[O-])ccc1O. The Kier molecular flexibility index (Phi) is 4.96. The number of non-ortho nitro benzene ring substituents is 1. The number of benzene rings is 1. The van der Waals surface area contributed by atoms with Crippen LogP contribution in [-0.4, -0.2) is 30.1 Å². The van der Waals surface area contributed by atoms with Crippen molar-refractivity contribution < 1.29 is 18.4 Å². The van der Waals surface area contributed by atoms with Gasteiger partial charge in [-0.2, -0.15) is 0 Å². The maximum absolute atomic E-state index is 11.8. The summed E-state index contributed by atoms with van der Waals surface area (Å²) in [6.07, 6.45) is 0. The van der Waals surface area contributed by atoms with Crippen LogP contribution in [0.5, 0.6) is 5.75 Å². The summed E-state index contributed by atoms with van der Waals surface area (Å²) in [5, 5.41) is 20.1. The van der Waals surface area contributed by atoms with E-state index in [4.69, 9.17) is 11.6 Å². The molecule has 0 bridgehead atoms. The van der Waals surface area contributed by atoms with E-state index in [9.17, 15) is 23.6 Å². The first-order valence-corrected chi connectivity index (χ1v) is 7.47. The fourth-order valence-electron chi connectivity index (χ4n) is 1.35. The molecule has 1 atom stereocenters. The molecule has 0 fully saturated rings. The highest BCUT2D eigenvalue weighted by Gasteiger charge is 2.18. The zero-order chi connectivity index (χ0) is 14.6. The first-order chi connectivity index (χ1) is 8.75. The average Bonchev–Trinajstić information content (AvgIpc) is 2.30. The summed E-state index contributed by atoms with van der Waals surface area (Å²) in [4.78, 5) is 9.90. The van der Waals surface area contributed by atoms with Gasteiger partial charge in [0.2, 0.25) is 10.0 Å². The van der Waals surface area contributed by atoms with Crippen molar-refractivity contribution in [2.75, 3.05) is 16.4 Å². The summed E-state index contributed by atoms with van der Waals surface area (Å²) >= 11 is 5.53. The molecule has 0 aliphatic rings. The Bertz CT molecular complexity index is 575. The number of rotatable bonds is 6. The average molecular weight is 309 g/mol. The van der Waals surface area contributed by atoms with Crippen molar-refractivity contribution in [3.05, 3.63) is 28.3 Å². The number of phenolic OH excluding ortho intramolecular Hbond substituents is 1. The Labute approximate surface area is 115 Å². The third-order valence-electron chi connectivity index (χ3n) is 2.22. The highest BCUT2D eigenvalue weighted by atomic mass is 35.5. The first kappa shape index (κ1) is 15.5. The van der Waals surface area contributed by atoms with Gasteiger partial charge in [0, 0.05) is 18.0 Å². The third-order valence-corrected chi connectivity index (χ3v) is 4.29. The zero-order valence-corrected chi connectivity index (χ0v) is 11.6. The maximum Gasteiger partial charge on any atom is 0.271 e. The predicted octanol–water partition coefficient (Wildman–Crippen LogP) is 1.92. The standard InChI is InChI=1S/C10H13ClN2O5S/c1-7(5-11)6-19(17,18)12-9-4-8(13(15)16)2-3-10(9)14/h2-4,7,12,14H,5-6H2,1H3. The minimum atomic E-state index is -3.73. The molecule has 0 saturated heterocycles. The third kappa shape index (κ3) is 4.56. The van der Waals surface area contributed by atoms with Crippen LogP contribution < -0.4 is 4.72 Å². The molecule has 1 aromatic rings. The molecule has 1 aromatic carbocycles. The molecule has 2 N–H and O–H groups in total. The minimum Gasteiger partial charge on any atom is -0.506 e. The lowest BCUT2D eigenvalue weighted by atomic mass is 10.2. The molecule has 1 unspecified atom stereocenters. The van der Waals surface area contributed by atoms with Gasteiger partial charge in [-0.1, -0.05) is 6.92 Å².